The molecule has 2 rings (SSSR count). The number of hydrogen-bond acceptors (Lipinski definition) is 4. The normalized spacial score (nSPS) is 17.0. The molecule has 1 aromatic carbocycles. The molecule has 0 aromatic heterocycles. The van der Waals surface area contributed by atoms with Gasteiger partial charge in [0, 0.05) is 70.2 Å². The van der Waals surface area contributed by atoms with Gasteiger partial charge >= 0.3 is 0 Å². The molecular weight excluding hydrogens is 533 g/mol. The topological polar surface area (TPSA) is 52.1 Å². The molecule has 1 aliphatic rings. The van der Waals surface area contributed by atoms with Crippen LogP contribution in [-0.4, -0.2) is 77.9 Å². The zero-order valence-electron chi connectivity index (χ0n) is 17.3. The van der Waals surface area contributed by atoms with Gasteiger partial charge in [-0.05, 0) is 44.0 Å². The van der Waals surface area contributed by atoms with Crippen LogP contribution in [-0.2, 0) is 4.74 Å². The Morgan fingerprint density at radius 2 is 2.18 bits per heavy atom. The monoisotopic (exact) mass is 567 g/mol. The number of benzene rings is 1. The van der Waals surface area contributed by atoms with Gasteiger partial charge in [-0.25, -0.2) is 0 Å². The zero-order valence-corrected chi connectivity index (χ0v) is 21.2. The van der Waals surface area contributed by atoms with Gasteiger partial charge in [0.25, 0.3) is 0 Å². The first-order chi connectivity index (χ1) is 13.1. The van der Waals surface area contributed by atoms with E-state index in [1.54, 1.807) is 7.11 Å². The summed E-state index contributed by atoms with van der Waals surface area (Å²) >= 11 is 3.56. The fourth-order valence-corrected chi connectivity index (χ4v) is 3.71. The molecule has 0 bridgehead atoms. The molecule has 0 spiro atoms. The summed E-state index contributed by atoms with van der Waals surface area (Å²) in [6.07, 6.45) is 2.27. The number of ether oxygens (including phenoxy) is 1. The average molecular weight is 568 g/mol. The number of nitrogens with zero attached hydrogens (tertiary/aromatic N) is 3. The lowest BCUT2D eigenvalue weighted by Gasteiger charge is -2.20. The second kappa shape index (κ2) is 14.4. The number of methoxy groups -OCH3 is 1. The van der Waals surface area contributed by atoms with E-state index in [1.165, 1.54) is 12.1 Å². The van der Waals surface area contributed by atoms with Crippen molar-refractivity contribution >= 4 is 51.6 Å². The van der Waals surface area contributed by atoms with Crippen LogP contribution in [0.25, 0.3) is 0 Å². The summed E-state index contributed by atoms with van der Waals surface area (Å²) < 4.78 is 6.23. The number of nitrogens with one attached hydrogen (secondary N) is 2. The van der Waals surface area contributed by atoms with Crippen molar-refractivity contribution in [2.45, 2.75) is 12.8 Å². The fourth-order valence-electron chi connectivity index (χ4n) is 3.32. The Bertz CT molecular complexity index is 589. The fraction of sp³-hybridized carbons (Fsp3) is 0.650. The Hall–Kier alpha value is -0.580. The zero-order chi connectivity index (χ0) is 19.5. The van der Waals surface area contributed by atoms with E-state index < -0.39 is 0 Å². The molecule has 1 heterocycles. The third-order valence-corrected chi connectivity index (χ3v) is 5.41. The summed E-state index contributed by atoms with van der Waals surface area (Å²) in [5.74, 6) is 1.53. The maximum absolute atomic E-state index is 5.10. The maximum atomic E-state index is 5.10. The highest BCUT2D eigenvalue weighted by Crippen LogP contribution is 2.25. The van der Waals surface area contributed by atoms with E-state index in [0.29, 0.717) is 5.92 Å². The average Bonchev–Trinajstić information content (AvgIpc) is 3.14. The summed E-state index contributed by atoms with van der Waals surface area (Å²) in [5.41, 5.74) is 1.30. The van der Waals surface area contributed by atoms with Gasteiger partial charge in [-0.15, -0.1) is 24.0 Å². The van der Waals surface area contributed by atoms with E-state index in [0.717, 1.165) is 62.7 Å². The predicted octanol–water partition coefficient (Wildman–Crippen LogP) is 3.03. The minimum Gasteiger partial charge on any atom is -0.385 e. The molecule has 0 amide bonds. The van der Waals surface area contributed by atoms with Gasteiger partial charge in [-0.3, -0.25) is 4.99 Å². The lowest BCUT2D eigenvalue weighted by atomic mass is 10.1. The Morgan fingerprint density at radius 3 is 2.89 bits per heavy atom. The molecule has 0 radical (unpaired) electrons. The molecule has 6 nitrogen and oxygen atoms in total. The molecule has 1 unspecified atom stereocenters. The molecule has 1 saturated heterocycles. The second-order valence-corrected chi connectivity index (χ2v) is 8.03. The Kier molecular flexibility index (Phi) is 13.1. The predicted molar refractivity (Wildman–Crippen MR) is 133 cm³/mol. The number of halogens is 2. The van der Waals surface area contributed by atoms with Crippen molar-refractivity contribution in [3.8, 4) is 0 Å². The number of hydrogen-bond donors (Lipinski definition) is 2. The molecule has 1 atom stereocenters. The van der Waals surface area contributed by atoms with Gasteiger partial charge in [0.2, 0.25) is 0 Å². The van der Waals surface area contributed by atoms with Crippen molar-refractivity contribution in [1.82, 2.24) is 15.5 Å². The molecule has 8 heteroatoms. The third kappa shape index (κ3) is 9.28. The standard InChI is InChI=1S/C20H34BrN5O.HI/c1-22-20(23-9-12-25(2)10-5-13-27-3)24-15-17-8-11-26(16-17)19-7-4-6-18(21)14-19;/h4,6-7,14,17H,5,8-13,15-16H2,1-3H3,(H2,22,23,24);1H. The lowest BCUT2D eigenvalue weighted by Crippen LogP contribution is -2.43. The van der Waals surface area contributed by atoms with Crippen LogP contribution >= 0.6 is 39.9 Å². The largest absolute Gasteiger partial charge is 0.385 e. The van der Waals surface area contributed by atoms with Crippen LogP contribution < -0.4 is 15.5 Å². The van der Waals surface area contributed by atoms with E-state index in [1.807, 2.05) is 7.05 Å². The third-order valence-electron chi connectivity index (χ3n) is 4.92. The molecule has 1 aliphatic heterocycles. The van der Waals surface area contributed by atoms with Gasteiger partial charge < -0.3 is 25.2 Å². The SMILES string of the molecule is CN=C(NCCN(C)CCCOC)NCC1CCN(c2cccc(Br)c2)C1.I. The van der Waals surface area contributed by atoms with Crippen LogP contribution in [0, 0.1) is 5.92 Å². The van der Waals surface area contributed by atoms with Crippen molar-refractivity contribution in [2.24, 2.45) is 10.9 Å². The summed E-state index contributed by atoms with van der Waals surface area (Å²) in [6.45, 7) is 6.90. The number of aliphatic imine (C=N–C) groups is 1. The van der Waals surface area contributed by atoms with Crippen LogP contribution in [0.2, 0.25) is 0 Å². The highest BCUT2D eigenvalue weighted by Gasteiger charge is 2.22. The number of likely N-dealkylation sites (N-methyl/N-ethyl adjacent to an activating group) is 1. The maximum Gasteiger partial charge on any atom is 0.191 e. The summed E-state index contributed by atoms with van der Waals surface area (Å²) in [5, 5.41) is 6.90. The molecule has 1 fully saturated rings. The summed E-state index contributed by atoms with van der Waals surface area (Å²) in [4.78, 5) is 9.12. The number of anilines is 1. The minimum atomic E-state index is 0. The van der Waals surface area contributed by atoms with E-state index >= 15 is 0 Å². The molecule has 1 aromatic rings. The molecule has 0 aliphatic carbocycles. The Labute approximate surface area is 195 Å². The number of guanidine groups is 1. The van der Waals surface area contributed by atoms with Crippen LogP contribution in [0.5, 0.6) is 0 Å². The number of rotatable bonds is 10. The van der Waals surface area contributed by atoms with Crippen LogP contribution in [0.4, 0.5) is 5.69 Å². The Morgan fingerprint density at radius 1 is 1.36 bits per heavy atom. The smallest absolute Gasteiger partial charge is 0.191 e. The van der Waals surface area contributed by atoms with Crippen molar-refractivity contribution < 1.29 is 4.74 Å². The van der Waals surface area contributed by atoms with Crippen molar-refractivity contribution in [3.63, 3.8) is 0 Å². The molecule has 160 valence electrons. The second-order valence-electron chi connectivity index (χ2n) is 7.11. The highest BCUT2D eigenvalue weighted by molar-refractivity contribution is 14.0. The Balaban J connectivity index is 0.00000392. The van der Waals surface area contributed by atoms with Gasteiger partial charge in [0.15, 0.2) is 5.96 Å². The minimum absolute atomic E-state index is 0. The van der Waals surface area contributed by atoms with E-state index in [4.69, 9.17) is 4.74 Å². The van der Waals surface area contributed by atoms with Crippen LogP contribution in [0.3, 0.4) is 0 Å². The van der Waals surface area contributed by atoms with Crippen molar-refractivity contribution in [3.05, 3.63) is 28.7 Å². The van der Waals surface area contributed by atoms with E-state index in [2.05, 4.69) is 72.7 Å². The van der Waals surface area contributed by atoms with Crippen molar-refractivity contribution in [2.75, 3.05) is 72.0 Å². The van der Waals surface area contributed by atoms with Gasteiger partial charge in [0.1, 0.15) is 0 Å². The molecule has 0 saturated carbocycles. The van der Waals surface area contributed by atoms with Crippen LogP contribution in [0.15, 0.2) is 33.7 Å². The first kappa shape index (κ1) is 25.5. The van der Waals surface area contributed by atoms with Gasteiger partial charge in [0.05, 0.1) is 0 Å². The first-order valence-corrected chi connectivity index (χ1v) is 10.5. The summed E-state index contributed by atoms with van der Waals surface area (Å²) in [6, 6.07) is 8.55. The van der Waals surface area contributed by atoms with Gasteiger partial charge in [-0.1, -0.05) is 22.0 Å². The lowest BCUT2D eigenvalue weighted by molar-refractivity contribution is 0.180. The summed E-state index contributed by atoms with van der Waals surface area (Å²) in [7, 11) is 5.72. The van der Waals surface area contributed by atoms with Gasteiger partial charge in [-0.2, -0.15) is 0 Å². The molecule has 28 heavy (non-hydrogen) atoms. The van der Waals surface area contributed by atoms with E-state index in [-0.39, 0.29) is 24.0 Å². The first-order valence-electron chi connectivity index (χ1n) is 9.75. The van der Waals surface area contributed by atoms with Crippen LogP contribution in [0.1, 0.15) is 12.8 Å². The quantitative estimate of drug-likeness (QED) is 0.197. The highest BCUT2D eigenvalue weighted by atomic mass is 127. The van der Waals surface area contributed by atoms with Crippen molar-refractivity contribution in [1.29, 1.82) is 0 Å². The van der Waals surface area contributed by atoms with E-state index in [9.17, 15) is 0 Å². The molecular formula is C20H35BrIN5O. The molecule has 2 N–H and O–H groups in total.